The van der Waals surface area contributed by atoms with Crippen molar-refractivity contribution >= 4 is 27.6 Å². The number of nitrogens with zero attached hydrogens (tertiary/aromatic N) is 1. The summed E-state index contributed by atoms with van der Waals surface area (Å²) >= 11 is 5.95. The predicted octanol–water partition coefficient (Wildman–Crippen LogP) is 2.67. The first kappa shape index (κ1) is 23.3. The van der Waals surface area contributed by atoms with Crippen LogP contribution in [0.25, 0.3) is 0 Å². The summed E-state index contributed by atoms with van der Waals surface area (Å²) in [6, 6.07) is 11.2. The Morgan fingerprint density at radius 2 is 1.71 bits per heavy atom. The number of halogens is 1. The molecule has 1 fully saturated rings. The van der Waals surface area contributed by atoms with Gasteiger partial charge in [0.1, 0.15) is 24.7 Å². The number of morpholine rings is 1. The van der Waals surface area contributed by atoms with Crippen molar-refractivity contribution in [2.24, 2.45) is 0 Å². The minimum atomic E-state index is -3.54. The predicted molar refractivity (Wildman–Crippen MR) is 114 cm³/mol. The van der Waals surface area contributed by atoms with Crippen molar-refractivity contribution in [2.75, 3.05) is 46.1 Å². The Hall–Kier alpha value is -2.33. The lowest BCUT2D eigenvalue weighted by Crippen LogP contribution is -2.40. The van der Waals surface area contributed by atoms with Crippen molar-refractivity contribution in [3.63, 3.8) is 0 Å². The second-order valence-electron chi connectivity index (χ2n) is 6.76. The normalized spacial score (nSPS) is 14.8. The van der Waals surface area contributed by atoms with E-state index in [4.69, 9.17) is 30.5 Å². The summed E-state index contributed by atoms with van der Waals surface area (Å²) in [4.78, 5) is 12.0. The third-order valence-corrected chi connectivity index (χ3v) is 6.87. The van der Waals surface area contributed by atoms with Crippen LogP contribution in [0.1, 0.15) is 5.56 Å². The van der Waals surface area contributed by atoms with Crippen molar-refractivity contribution in [3.8, 4) is 11.5 Å². The molecule has 0 N–H and O–H groups in total. The SMILES string of the molecule is Cc1cc(OCC(=O)OCCOc2ccc(S(=O)(=O)N3CCOCC3)cc2)ccc1Cl. The Kier molecular flexibility index (Phi) is 8.14. The molecule has 31 heavy (non-hydrogen) atoms. The summed E-state index contributed by atoms with van der Waals surface area (Å²) in [6.45, 7) is 3.25. The molecule has 1 saturated heterocycles. The van der Waals surface area contributed by atoms with Crippen molar-refractivity contribution < 1.29 is 32.2 Å². The largest absolute Gasteiger partial charge is 0.490 e. The van der Waals surface area contributed by atoms with Gasteiger partial charge in [-0.15, -0.1) is 0 Å². The number of aryl methyl sites for hydroxylation is 1. The fraction of sp³-hybridized carbons (Fsp3) is 0.381. The molecule has 1 heterocycles. The van der Waals surface area contributed by atoms with E-state index in [1.807, 2.05) is 6.92 Å². The van der Waals surface area contributed by atoms with Crippen LogP contribution >= 0.6 is 11.6 Å². The van der Waals surface area contributed by atoms with Gasteiger partial charge in [-0.25, -0.2) is 13.2 Å². The van der Waals surface area contributed by atoms with Gasteiger partial charge in [0, 0.05) is 18.1 Å². The number of hydrogen-bond donors (Lipinski definition) is 0. The first-order valence-corrected chi connectivity index (χ1v) is 11.5. The molecule has 0 unspecified atom stereocenters. The monoisotopic (exact) mass is 469 g/mol. The Balaban J connectivity index is 1.39. The lowest BCUT2D eigenvalue weighted by molar-refractivity contribution is -0.146. The molecule has 10 heteroatoms. The number of hydrogen-bond acceptors (Lipinski definition) is 7. The number of sulfonamides is 1. The molecule has 168 valence electrons. The highest BCUT2D eigenvalue weighted by Crippen LogP contribution is 2.21. The Morgan fingerprint density at radius 3 is 2.39 bits per heavy atom. The van der Waals surface area contributed by atoms with Crippen LogP contribution in [0.4, 0.5) is 0 Å². The zero-order valence-corrected chi connectivity index (χ0v) is 18.7. The van der Waals surface area contributed by atoms with Crippen molar-refractivity contribution in [3.05, 3.63) is 53.1 Å². The summed E-state index contributed by atoms with van der Waals surface area (Å²) < 4.78 is 47.7. The van der Waals surface area contributed by atoms with Gasteiger partial charge in [-0.05, 0) is 55.0 Å². The number of carbonyl (C=O) groups excluding carboxylic acids is 1. The molecule has 0 atom stereocenters. The summed E-state index contributed by atoms with van der Waals surface area (Å²) in [5, 5.41) is 0.624. The molecule has 1 aliphatic rings. The molecular weight excluding hydrogens is 446 g/mol. The maximum absolute atomic E-state index is 12.6. The van der Waals surface area contributed by atoms with Gasteiger partial charge in [0.25, 0.3) is 0 Å². The molecule has 2 aromatic rings. The molecule has 0 radical (unpaired) electrons. The molecule has 8 nitrogen and oxygen atoms in total. The van der Waals surface area contributed by atoms with Crippen LogP contribution < -0.4 is 9.47 Å². The van der Waals surface area contributed by atoms with E-state index in [1.54, 1.807) is 30.3 Å². The molecule has 0 bridgehead atoms. The van der Waals surface area contributed by atoms with E-state index in [9.17, 15) is 13.2 Å². The molecule has 2 aromatic carbocycles. The Bertz CT molecular complexity index is 989. The summed E-state index contributed by atoms with van der Waals surface area (Å²) in [5.41, 5.74) is 0.852. The Morgan fingerprint density at radius 1 is 1.03 bits per heavy atom. The van der Waals surface area contributed by atoms with Gasteiger partial charge in [-0.1, -0.05) is 11.6 Å². The van der Waals surface area contributed by atoms with Crippen LogP contribution in [0.2, 0.25) is 5.02 Å². The molecule has 0 aromatic heterocycles. The van der Waals surface area contributed by atoms with Gasteiger partial charge in [0.05, 0.1) is 18.1 Å². The van der Waals surface area contributed by atoms with Crippen LogP contribution in [0.15, 0.2) is 47.4 Å². The van der Waals surface area contributed by atoms with Crippen LogP contribution in [0.5, 0.6) is 11.5 Å². The molecule has 0 amide bonds. The highest BCUT2D eigenvalue weighted by molar-refractivity contribution is 7.89. The summed E-state index contributed by atoms with van der Waals surface area (Å²) in [7, 11) is -3.54. The molecule has 0 saturated carbocycles. The lowest BCUT2D eigenvalue weighted by atomic mass is 10.2. The average Bonchev–Trinajstić information content (AvgIpc) is 2.78. The van der Waals surface area contributed by atoms with E-state index < -0.39 is 16.0 Å². The van der Waals surface area contributed by atoms with Crippen molar-refractivity contribution in [1.29, 1.82) is 0 Å². The van der Waals surface area contributed by atoms with Gasteiger partial charge >= 0.3 is 5.97 Å². The topological polar surface area (TPSA) is 91.4 Å². The van der Waals surface area contributed by atoms with Crippen molar-refractivity contribution in [2.45, 2.75) is 11.8 Å². The number of carbonyl (C=O) groups is 1. The zero-order valence-electron chi connectivity index (χ0n) is 17.1. The molecule has 3 rings (SSSR count). The maximum atomic E-state index is 12.6. The zero-order chi connectivity index (χ0) is 22.3. The molecule has 1 aliphatic heterocycles. The summed E-state index contributed by atoms with van der Waals surface area (Å²) in [6.07, 6.45) is 0. The van der Waals surface area contributed by atoms with E-state index in [-0.39, 0.29) is 24.7 Å². The second kappa shape index (κ2) is 10.8. The molecular formula is C21H24ClNO7S. The quantitative estimate of drug-likeness (QED) is 0.412. The van der Waals surface area contributed by atoms with Crippen LogP contribution in [0.3, 0.4) is 0 Å². The fourth-order valence-electron chi connectivity index (χ4n) is 2.85. The minimum absolute atomic E-state index is 0.0374. The van der Waals surface area contributed by atoms with Gasteiger partial charge in [-0.2, -0.15) is 4.31 Å². The van der Waals surface area contributed by atoms with Crippen LogP contribution in [-0.2, 0) is 24.3 Å². The van der Waals surface area contributed by atoms with Crippen molar-refractivity contribution in [1.82, 2.24) is 4.31 Å². The van der Waals surface area contributed by atoms with E-state index in [2.05, 4.69) is 0 Å². The minimum Gasteiger partial charge on any atom is -0.490 e. The third kappa shape index (κ3) is 6.57. The van der Waals surface area contributed by atoms with Gasteiger partial charge in [0.2, 0.25) is 10.0 Å². The second-order valence-corrected chi connectivity index (χ2v) is 9.10. The van der Waals surface area contributed by atoms with Crippen LogP contribution in [-0.4, -0.2) is 64.8 Å². The lowest BCUT2D eigenvalue weighted by Gasteiger charge is -2.26. The van der Waals surface area contributed by atoms with E-state index in [0.717, 1.165) is 5.56 Å². The van der Waals surface area contributed by atoms with E-state index >= 15 is 0 Å². The standard InChI is InChI=1S/C21H24ClNO7S/c1-16-14-18(4-7-20(16)22)30-15-21(24)29-13-12-28-17-2-5-19(6-3-17)31(25,26)23-8-10-27-11-9-23/h2-7,14H,8-13,15H2,1H3. The van der Waals surface area contributed by atoms with E-state index in [0.29, 0.717) is 42.8 Å². The van der Waals surface area contributed by atoms with Gasteiger partial charge in [0.15, 0.2) is 6.61 Å². The van der Waals surface area contributed by atoms with Crippen LogP contribution in [0, 0.1) is 6.92 Å². The molecule has 0 aliphatic carbocycles. The number of esters is 1. The van der Waals surface area contributed by atoms with Gasteiger partial charge in [-0.3, -0.25) is 0 Å². The highest BCUT2D eigenvalue weighted by atomic mass is 35.5. The summed E-state index contributed by atoms with van der Waals surface area (Å²) in [5.74, 6) is 0.482. The fourth-order valence-corrected chi connectivity index (χ4v) is 4.38. The van der Waals surface area contributed by atoms with Gasteiger partial charge < -0.3 is 18.9 Å². The maximum Gasteiger partial charge on any atom is 0.344 e. The molecule has 0 spiro atoms. The third-order valence-electron chi connectivity index (χ3n) is 4.53. The Labute approximate surface area is 186 Å². The number of ether oxygens (including phenoxy) is 4. The highest BCUT2D eigenvalue weighted by Gasteiger charge is 2.26. The first-order valence-electron chi connectivity index (χ1n) is 9.71. The first-order chi connectivity index (χ1) is 14.9. The number of benzene rings is 2. The average molecular weight is 470 g/mol. The smallest absolute Gasteiger partial charge is 0.344 e. The van der Waals surface area contributed by atoms with E-state index in [1.165, 1.54) is 16.4 Å². The number of rotatable bonds is 9.